The monoisotopic (exact) mass is 284 g/mol. The molecule has 21 heavy (non-hydrogen) atoms. The van der Waals surface area contributed by atoms with Crippen LogP contribution < -0.4 is 10.6 Å². The lowest BCUT2D eigenvalue weighted by atomic mass is 9.96. The van der Waals surface area contributed by atoms with E-state index in [0.29, 0.717) is 18.5 Å². The average Bonchev–Trinajstić information content (AvgIpc) is 2.50. The fraction of sp³-hybridized carbons (Fsp3) is 0.188. The number of aromatic hydroxyl groups is 2. The molecule has 1 aliphatic rings. The van der Waals surface area contributed by atoms with Crippen LogP contribution in [0.4, 0.5) is 5.69 Å². The SMILES string of the molecule is NC1CCN(C(=O)c2ccc(O)c(O)c2)c2ccccc21. The van der Waals surface area contributed by atoms with Gasteiger partial charge in [0.05, 0.1) is 0 Å². The Hall–Kier alpha value is -2.53. The van der Waals surface area contributed by atoms with E-state index in [0.717, 1.165) is 11.3 Å². The summed E-state index contributed by atoms with van der Waals surface area (Å²) < 4.78 is 0. The van der Waals surface area contributed by atoms with E-state index in [4.69, 9.17) is 5.73 Å². The van der Waals surface area contributed by atoms with Crippen LogP contribution in [0.1, 0.15) is 28.4 Å². The number of carbonyl (C=O) groups is 1. The smallest absolute Gasteiger partial charge is 0.258 e. The van der Waals surface area contributed by atoms with Gasteiger partial charge in [-0.05, 0) is 36.2 Å². The van der Waals surface area contributed by atoms with Crippen LogP contribution in [0.25, 0.3) is 0 Å². The van der Waals surface area contributed by atoms with Crippen molar-refractivity contribution in [1.29, 1.82) is 0 Å². The number of carbonyl (C=O) groups excluding carboxylic acids is 1. The van der Waals surface area contributed by atoms with Crippen LogP contribution in [0.5, 0.6) is 11.5 Å². The second-order valence-corrected chi connectivity index (χ2v) is 5.11. The summed E-state index contributed by atoms with van der Waals surface area (Å²) in [6.07, 6.45) is 0.687. The van der Waals surface area contributed by atoms with Gasteiger partial charge < -0.3 is 20.8 Å². The number of amides is 1. The van der Waals surface area contributed by atoms with Gasteiger partial charge in [-0.1, -0.05) is 18.2 Å². The van der Waals surface area contributed by atoms with E-state index in [1.165, 1.54) is 18.2 Å². The molecule has 1 amide bonds. The third-order valence-corrected chi connectivity index (χ3v) is 3.76. The van der Waals surface area contributed by atoms with Gasteiger partial charge in [-0.15, -0.1) is 0 Å². The Morgan fingerprint density at radius 3 is 2.67 bits per heavy atom. The fourth-order valence-electron chi connectivity index (χ4n) is 2.61. The van der Waals surface area contributed by atoms with Crippen LogP contribution in [0.2, 0.25) is 0 Å². The number of para-hydroxylation sites is 1. The summed E-state index contributed by atoms with van der Waals surface area (Å²) in [4.78, 5) is 14.3. The minimum absolute atomic E-state index is 0.0709. The maximum atomic E-state index is 12.6. The van der Waals surface area contributed by atoms with Crippen molar-refractivity contribution in [2.24, 2.45) is 5.73 Å². The summed E-state index contributed by atoms with van der Waals surface area (Å²) in [6, 6.07) is 11.6. The maximum Gasteiger partial charge on any atom is 0.258 e. The summed E-state index contributed by atoms with van der Waals surface area (Å²) in [6.45, 7) is 0.526. The van der Waals surface area contributed by atoms with Crippen LogP contribution in [0.3, 0.4) is 0 Å². The number of hydrogen-bond acceptors (Lipinski definition) is 4. The normalized spacial score (nSPS) is 17.4. The Morgan fingerprint density at radius 2 is 1.90 bits per heavy atom. The van der Waals surface area contributed by atoms with Gasteiger partial charge in [0.1, 0.15) is 0 Å². The lowest BCUT2D eigenvalue weighted by Crippen LogP contribution is -2.38. The predicted octanol–water partition coefficient (Wildman–Crippen LogP) is 2.15. The van der Waals surface area contributed by atoms with Gasteiger partial charge >= 0.3 is 0 Å². The van der Waals surface area contributed by atoms with Crippen molar-refractivity contribution < 1.29 is 15.0 Å². The molecule has 1 unspecified atom stereocenters. The van der Waals surface area contributed by atoms with Crippen molar-refractivity contribution in [3.8, 4) is 11.5 Å². The molecule has 4 N–H and O–H groups in total. The second kappa shape index (κ2) is 5.10. The number of benzene rings is 2. The van der Waals surface area contributed by atoms with Crippen molar-refractivity contribution in [2.75, 3.05) is 11.4 Å². The third kappa shape index (κ3) is 2.32. The molecule has 0 aromatic heterocycles. The highest BCUT2D eigenvalue weighted by atomic mass is 16.3. The van der Waals surface area contributed by atoms with Gasteiger partial charge in [-0.3, -0.25) is 4.79 Å². The molecule has 5 heteroatoms. The summed E-state index contributed by atoms with van der Waals surface area (Å²) >= 11 is 0. The molecular weight excluding hydrogens is 268 g/mol. The molecule has 0 saturated heterocycles. The number of phenols is 2. The number of hydrogen-bond donors (Lipinski definition) is 3. The minimum Gasteiger partial charge on any atom is -0.504 e. The standard InChI is InChI=1S/C16H16N2O3/c17-12-7-8-18(13-4-2-1-3-11(12)13)16(21)10-5-6-14(19)15(20)9-10/h1-6,9,12,19-20H,7-8,17H2. The molecule has 2 aromatic carbocycles. The Labute approximate surface area is 122 Å². The highest BCUT2D eigenvalue weighted by Gasteiger charge is 2.27. The van der Waals surface area contributed by atoms with Crippen LogP contribution in [0, 0.1) is 0 Å². The Bertz CT molecular complexity index is 700. The van der Waals surface area contributed by atoms with Crippen molar-refractivity contribution >= 4 is 11.6 Å². The lowest BCUT2D eigenvalue weighted by Gasteiger charge is -2.32. The lowest BCUT2D eigenvalue weighted by molar-refractivity contribution is 0.0984. The zero-order valence-corrected chi connectivity index (χ0v) is 11.4. The summed E-state index contributed by atoms with van der Waals surface area (Å²) in [5.41, 5.74) is 8.15. The Morgan fingerprint density at radius 1 is 1.14 bits per heavy atom. The predicted molar refractivity (Wildman–Crippen MR) is 79.4 cm³/mol. The summed E-state index contributed by atoms with van der Waals surface area (Å²) in [7, 11) is 0. The number of rotatable bonds is 1. The summed E-state index contributed by atoms with van der Waals surface area (Å²) in [5, 5.41) is 18.9. The van der Waals surface area contributed by atoms with Gasteiger partial charge in [0, 0.05) is 23.8 Å². The van der Waals surface area contributed by atoms with E-state index in [9.17, 15) is 15.0 Å². The molecular formula is C16H16N2O3. The first-order chi connectivity index (χ1) is 10.1. The first-order valence-corrected chi connectivity index (χ1v) is 6.76. The minimum atomic E-state index is -0.303. The first kappa shape index (κ1) is 13.5. The molecule has 5 nitrogen and oxygen atoms in total. The first-order valence-electron chi connectivity index (χ1n) is 6.76. The highest BCUT2D eigenvalue weighted by Crippen LogP contribution is 2.34. The zero-order chi connectivity index (χ0) is 15.0. The largest absolute Gasteiger partial charge is 0.504 e. The molecule has 0 fully saturated rings. The van der Waals surface area contributed by atoms with E-state index in [-0.39, 0.29) is 23.4 Å². The molecule has 108 valence electrons. The number of fused-ring (bicyclic) bond motifs is 1. The molecule has 0 bridgehead atoms. The fourth-order valence-corrected chi connectivity index (χ4v) is 2.61. The molecule has 1 atom stereocenters. The van der Waals surface area contributed by atoms with Crippen molar-refractivity contribution in [2.45, 2.75) is 12.5 Å². The molecule has 0 saturated carbocycles. The molecule has 1 aliphatic heterocycles. The molecule has 0 spiro atoms. The average molecular weight is 284 g/mol. The second-order valence-electron chi connectivity index (χ2n) is 5.11. The molecule has 0 aliphatic carbocycles. The van der Waals surface area contributed by atoms with E-state index in [2.05, 4.69) is 0 Å². The maximum absolute atomic E-state index is 12.6. The Balaban J connectivity index is 1.99. The number of phenolic OH excluding ortho intramolecular Hbond substituents is 2. The molecule has 2 aromatic rings. The van der Waals surface area contributed by atoms with Gasteiger partial charge in [-0.2, -0.15) is 0 Å². The number of nitrogens with two attached hydrogens (primary N) is 1. The molecule has 0 radical (unpaired) electrons. The molecule has 1 heterocycles. The van der Waals surface area contributed by atoms with Crippen LogP contribution in [-0.4, -0.2) is 22.7 Å². The van der Waals surface area contributed by atoms with Gasteiger partial charge in [0.15, 0.2) is 11.5 Å². The van der Waals surface area contributed by atoms with E-state index >= 15 is 0 Å². The Kier molecular flexibility index (Phi) is 3.27. The number of nitrogens with zero attached hydrogens (tertiary/aromatic N) is 1. The van der Waals surface area contributed by atoms with Gasteiger partial charge in [0.2, 0.25) is 0 Å². The van der Waals surface area contributed by atoms with Gasteiger partial charge in [0.25, 0.3) is 5.91 Å². The van der Waals surface area contributed by atoms with Crippen molar-refractivity contribution in [1.82, 2.24) is 0 Å². The highest BCUT2D eigenvalue weighted by molar-refractivity contribution is 6.07. The quantitative estimate of drug-likeness (QED) is 0.700. The van der Waals surface area contributed by atoms with Crippen LogP contribution in [0.15, 0.2) is 42.5 Å². The van der Waals surface area contributed by atoms with E-state index in [1.807, 2.05) is 24.3 Å². The van der Waals surface area contributed by atoms with E-state index < -0.39 is 0 Å². The van der Waals surface area contributed by atoms with Gasteiger partial charge in [-0.25, -0.2) is 0 Å². The van der Waals surface area contributed by atoms with Crippen LogP contribution in [-0.2, 0) is 0 Å². The zero-order valence-electron chi connectivity index (χ0n) is 11.4. The van der Waals surface area contributed by atoms with Crippen LogP contribution >= 0.6 is 0 Å². The van der Waals surface area contributed by atoms with E-state index in [1.54, 1.807) is 4.90 Å². The summed E-state index contributed by atoms with van der Waals surface area (Å²) in [5.74, 6) is -0.764. The van der Waals surface area contributed by atoms with Crippen molar-refractivity contribution in [3.05, 3.63) is 53.6 Å². The number of anilines is 1. The topological polar surface area (TPSA) is 86.8 Å². The molecule has 3 rings (SSSR count). The third-order valence-electron chi connectivity index (χ3n) is 3.76. The van der Waals surface area contributed by atoms with Crippen molar-refractivity contribution in [3.63, 3.8) is 0 Å².